The van der Waals surface area contributed by atoms with E-state index >= 15 is 0 Å². The first kappa shape index (κ1) is 23.1. The average Bonchev–Trinajstić information content (AvgIpc) is 0.722. The summed E-state index contributed by atoms with van der Waals surface area (Å²) in [5.41, 5.74) is 0. The summed E-state index contributed by atoms with van der Waals surface area (Å²) in [6.45, 7) is 0.993. The van der Waals surface area contributed by atoms with Crippen molar-refractivity contribution in [2.75, 3.05) is 0 Å². The second kappa shape index (κ2) is 12.0. The van der Waals surface area contributed by atoms with Crippen LogP contribution in [0.2, 0.25) is 6.55 Å². The van der Waals surface area contributed by atoms with Crippen LogP contribution in [0.25, 0.3) is 0 Å². The van der Waals surface area contributed by atoms with Gasteiger partial charge >= 0.3 is 163 Å². The van der Waals surface area contributed by atoms with E-state index in [-0.39, 0.29) is 154 Å². The molecule has 0 radical (unpaired) electrons. The van der Waals surface area contributed by atoms with Gasteiger partial charge in [-0.3, -0.25) is 0 Å². The molecular formula is CH9K3O3Si. The Morgan fingerprint density at radius 3 is 0.875 bits per heavy atom. The van der Waals surface area contributed by atoms with Crippen LogP contribution in [-0.4, -0.2) is 177 Å². The Labute approximate surface area is 178 Å². The third-order valence-corrected chi connectivity index (χ3v) is 0. The van der Waals surface area contributed by atoms with Crippen molar-refractivity contribution < 1.29 is 14.4 Å². The van der Waals surface area contributed by atoms with Crippen LogP contribution < -0.4 is 0 Å². The van der Waals surface area contributed by atoms with Crippen LogP contribution in [0.5, 0.6) is 0 Å². The van der Waals surface area contributed by atoms with Crippen LogP contribution in [0.3, 0.4) is 0 Å². The molecule has 8 heavy (non-hydrogen) atoms. The zero-order chi connectivity index (χ0) is 4.50. The van der Waals surface area contributed by atoms with Crippen LogP contribution in [0.1, 0.15) is 0 Å². The molecule has 0 saturated carbocycles. The van der Waals surface area contributed by atoms with Gasteiger partial charge in [0, 0.05) is 6.55 Å². The first-order valence-corrected chi connectivity index (χ1v) is 3.51. The Hall–Kier alpha value is 5.01. The normalized spacial score (nSPS) is 7.50. The fourth-order valence-corrected chi connectivity index (χ4v) is 0. The molecule has 0 heterocycles. The predicted octanol–water partition coefficient (Wildman–Crippen LogP) is -3.41. The van der Waals surface area contributed by atoms with Gasteiger partial charge in [-0.05, 0) is 0 Å². The SMILES string of the molecule is C[Si](O)(O)O.[KH].[KH].[KH]. The van der Waals surface area contributed by atoms with Crippen molar-refractivity contribution >= 4 is 163 Å². The molecule has 0 aromatic carbocycles. The number of rotatable bonds is 0. The van der Waals surface area contributed by atoms with Crippen molar-refractivity contribution in [1.29, 1.82) is 0 Å². The zero-order valence-corrected chi connectivity index (χ0v) is 3.84. The van der Waals surface area contributed by atoms with Crippen molar-refractivity contribution in [3.05, 3.63) is 0 Å². The number of hydrogen-bond donors (Lipinski definition) is 3. The maximum atomic E-state index is 7.77. The molecule has 0 fully saturated rings. The summed E-state index contributed by atoms with van der Waals surface area (Å²) < 4.78 is 0. The van der Waals surface area contributed by atoms with E-state index in [9.17, 15) is 0 Å². The standard InChI is InChI=1S/CH6O3Si.3K.3H/c1-5(2,3)4;;;;;;/h2-4H,1H3;;;;;;. The Kier molecular flexibility index (Phi) is 34.7. The molecule has 0 bridgehead atoms. The van der Waals surface area contributed by atoms with E-state index in [1.807, 2.05) is 0 Å². The fraction of sp³-hybridized carbons (Fsp3) is 1.00. The van der Waals surface area contributed by atoms with Crippen molar-refractivity contribution in [3.63, 3.8) is 0 Å². The molecule has 0 aliphatic rings. The first-order chi connectivity index (χ1) is 2.00. The minimum atomic E-state index is -3.61. The van der Waals surface area contributed by atoms with Crippen LogP contribution in [0.15, 0.2) is 0 Å². The van der Waals surface area contributed by atoms with Crippen LogP contribution in [0, 0.1) is 0 Å². The van der Waals surface area contributed by atoms with Gasteiger partial charge in [0.1, 0.15) is 0 Å². The summed E-state index contributed by atoms with van der Waals surface area (Å²) in [7, 11) is -3.61. The second-order valence-electron chi connectivity index (χ2n) is 0.971. The van der Waals surface area contributed by atoms with Gasteiger partial charge in [0.15, 0.2) is 0 Å². The molecule has 0 spiro atoms. The van der Waals surface area contributed by atoms with Gasteiger partial charge in [0.25, 0.3) is 0 Å². The average molecular weight is 214 g/mol. The maximum absolute atomic E-state index is 7.77. The van der Waals surface area contributed by atoms with Gasteiger partial charge in [-0.2, -0.15) is 0 Å². The van der Waals surface area contributed by atoms with E-state index in [2.05, 4.69) is 0 Å². The third-order valence-electron chi connectivity index (χ3n) is 0. The molecule has 3 nitrogen and oxygen atoms in total. The van der Waals surface area contributed by atoms with Gasteiger partial charge in [0.2, 0.25) is 0 Å². The Bertz CT molecular complexity index is 30.0. The van der Waals surface area contributed by atoms with Gasteiger partial charge in [0.05, 0.1) is 0 Å². The second-order valence-corrected chi connectivity index (χ2v) is 2.91. The quantitative estimate of drug-likeness (QED) is 0.368. The molecule has 0 atom stereocenters. The van der Waals surface area contributed by atoms with Crippen molar-refractivity contribution in [2.45, 2.75) is 6.55 Å². The minimum absolute atomic E-state index is 0. The molecule has 0 saturated heterocycles. The van der Waals surface area contributed by atoms with Crippen molar-refractivity contribution in [2.24, 2.45) is 0 Å². The fourth-order valence-electron chi connectivity index (χ4n) is 0. The van der Waals surface area contributed by atoms with Crippen molar-refractivity contribution in [1.82, 2.24) is 0 Å². The van der Waals surface area contributed by atoms with Crippen LogP contribution in [-0.2, 0) is 0 Å². The molecule has 0 aromatic heterocycles. The summed E-state index contributed by atoms with van der Waals surface area (Å²) in [6.07, 6.45) is 0. The molecule has 0 aromatic rings. The summed E-state index contributed by atoms with van der Waals surface area (Å²) in [6, 6.07) is 0. The molecule has 38 valence electrons. The van der Waals surface area contributed by atoms with E-state index < -0.39 is 8.80 Å². The molecule has 0 unspecified atom stereocenters. The summed E-state index contributed by atoms with van der Waals surface area (Å²) >= 11 is 0. The summed E-state index contributed by atoms with van der Waals surface area (Å²) in [5, 5.41) is 0. The van der Waals surface area contributed by atoms with Gasteiger partial charge in [-0.15, -0.1) is 0 Å². The zero-order valence-electron chi connectivity index (χ0n) is 2.84. The van der Waals surface area contributed by atoms with E-state index in [0.29, 0.717) is 0 Å². The predicted molar refractivity (Wildman–Crippen MR) is 39.7 cm³/mol. The first-order valence-electron chi connectivity index (χ1n) is 1.17. The Morgan fingerprint density at radius 1 is 0.875 bits per heavy atom. The van der Waals surface area contributed by atoms with E-state index in [4.69, 9.17) is 14.4 Å². The Balaban J connectivity index is -0.0000000267. The Morgan fingerprint density at radius 2 is 0.875 bits per heavy atom. The van der Waals surface area contributed by atoms with Crippen molar-refractivity contribution in [3.8, 4) is 0 Å². The summed E-state index contributed by atoms with van der Waals surface area (Å²) in [4.78, 5) is 23.3. The molecule has 0 rings (SSSR count). The van der Waals surface area contributed by atoms with E-state index in [1.165, 1.54) is 0 Å². The third kappa shape index (κ3) is 44.0. The molecule has 7 heteroatoms. The molecule has 0 aliphatic heterocycles. The molecule has 3 N–H and O–H groups in total. The van der Waals surface area contributed by atoms with Crippen LogP contribution >= 0.6 is 0 Å². The van der Waals surface area contributed by atoms with Gasteiger partial charge in [-0.1, -0.05) is 0 Å². The summed E-state index contributed by atoms with van der Waals surface area (Å²) in [5.74, 6) is 0. The molecule has 0 aliphatic carbocycles. The molecule has 0 amide bonds. The van der Waals surface area contributed by atoms with E-state index in [0.717, 1.165) is 6.55 Å². The van der Waals surface area contributed by atoms with Gasteiger partial charge in [-0.25, -0.2) is 0 Å². The van der Waals surface area contributed by atoms with Crippen LogP contribution in [0.4, 0.5) is 0 Å². The van der Waals surface area contributed by atoms with Gasteiger partial charge < -0.3 is 14.4 Å². The van der Waals surface area contributed by atoms with E-state index in [1.54, 1.807) is 0 Å². The molecular weight excluding hydrogens is 205 g/mol. The monoisotopic (exact) mass is 214 g/mol. The topological polar surface area (TPSA) is 60.7 Å². The number of hydrogen-bond acceptors (Lipinski definition) is 3.